The summed E-state index contributed by atoms with van der Waals surface area (Å²) in [5.74, 6) is 1.39. The summed E-state index contributed by atoms with van der Waals surface area (Å²) in [6.07, 6.45) is 0. The first-order chi connectivity index (χ1) is 14.6. The Morgan fingerprint density at radius 3 is 2.38 bits per heavy atom. The van der Waals surface area contributed by atoms with E-state index in [-0.39, 0.29) is 28.9 Å². The molecule has 0 unspecified atom stereocenters. The van der Waals surface area contributed by atoms with Crippen LogP contribution in [0.4, 0.5) is 0 Å². The Bertz CT molecular complexity index is 1020. The molecule has 3 N–H and O–H groups in total. The molecule has 2 rings (SSSR count). The molecule has 178 valence electrons. The van der Waals surface area contributed by atoms with Crippen molar-refractivity contribution in [2.45, 2.75) is 58.1 Å². The predicted molar refractivity (Wildman–Crippen MR) is 141 cm³/mol. The summed E-state index contributed by atoms with van der Waals surface area (Å²) in [5, 5.41) is 6.44. The summed E-state index contributed by atoms with van der Waals surface area (Å²) in [6.45, 7) is 10.9. The van der Waals surface area contributed by atoms with Crippen LogP contribution in [0, 0.1) is 6.92 Å². The molecule has 0 atom stereocenters. The number of benzene rings is 2. The fourth-order valence-corrected chi connectivity index (χ4v) is 4.70. The lowest BCUT2D eigenvalue weighted by Crippen LogP contribution is -2.41. The van der Waals surface area contributed by atoms with Gasteiger partial charge in [-0.25, -0.2) is 18.1 Å². The van der Waals surface area contributed by atoms with Crippen molar-refractivity contribution in [1.29, 1.82) is 0 Å². The number of hydrogen-bond donors (Lipinski definition) is 3. The molecule has 0 fully saturated rings. The summed E-state index contributed by atoms with van der Waals surface area (Å²) in [6, 6.07) is 13.0. The summed E-state index contributed by atoms with van der Waals surface area (Å²) in [7, 11) is -2.00. The van der Waals surface area contributed by atoms with E-state index in [0.29, 0.717) is 31.2 Å². The number of aliphatic imine (C=N–C) groups is 1. The van der Waals surface area contributed by atoms with E-state index in [1.807, 2.05) is 58.9 Å². The Morgan fingerprint density at radius 1 is 1.06 bits per heavy atom. The Labute approximate surface area is 209 Å². The van der Waals surface area contributed by atoms with Crippen molar-refractivity contribution in [2.24, 2.45) is 4.99 Å². The number of hydrogen-bond acceptors (Lipinski definition) is 4. The summed E-state index contributed by atoms with van der Waals surface area (Å²) in [4.78, 5) is 4.90. The third-order valence-corrected chi connectivity index (χ3v) is 6.20. The van der Waals surface area contributed by atoms with Gasteiger partial charge in [0.15, 0.2) is 5.96 Å². The molecule has 7 nitrogen and oxygen atoms in total. The number of methoxy groups -OCH3 is 1. The number of sulfonamides is 1. The zero-order valence-electron chi connectivity index (χ0n) is 19.7. The maximum absolute atomic E-state index is 12.8. The summed E-state index contributed by atoms with van der Waals surface area (Å²) in [5.41, 5.74) is 2.19. The fourth-order valence-electron chi connectivity index (χ4n) is 3.04. The van der Waals surface area contributed by atoms with E-state index in [2.05, 4.69) is 20.3 Å². The molecular weight excluding hydrogens is 539 g/mol. The van der Waals surface area contributed by atoms with Crippen LogP contribution < -0.4 is 20.1 Å². The average molecular weight is 575 g/mol. The van der Waals surface area contributed by atoms with Crippen molar-refractivity contribution in [3.05, 3.63) is 59.2 Å². The molecule has 0 aliphatic rings. The molecule has 0 amide bonds. The van der Waals surface area contributed by atoms with Crippen molar-refractivity contribution >= 4 is 40.0 Å². The Morgan fingerprint density at radius 2 is 1.75 bits per heavy atom. The maximum atomic E-state index is 12.8. The smallest absolute Gasteiger partial charge is 0.241 e. The minimum Gasteiger partial charge on any atom is -0.496 e. The Balaban J connectivity index is 0.00000512. The van der Waals surface area contributed by atoms with Crippen molar-refractivity contribution in [3.8, 4) is 5.75 Å². The molecule has 0 aliphatic carbocycles. The Kier molecular flexibility index (Phi) is 10.9. The van der Waals surface area contributed by atoms with Crippen LogP contribution in [0.1, 0.15) is 44.4 Å². The van der Waals surface area contributed by atoms with Crippen molar-refractivity contribution in [3.63, 3.8) is 0 Å². The average Bonchev–Trinajstić information content (AvgIpc) is 2.69. The van der Waals surface area contributed by atoms with E-state index in [4.69, 9.17) is 4.74 Å². The van der Waals surface area contributed by atoms with Gasteiger partial charge < -0.3 is 15.4 Å². The molecule has 0 radical (unpaired) electrons. The third-order valence-electron chi connectivity index (χ3n) is 4.34. The highest BCUT2D eigenvalue weighted by atomic mass is 127. The van der Waals surface area contributed by atoms with Gasteiger partial charge in [0.05, 0.1) is 18.6 Å². The van der Waals surface area contributed by atoms with E-state index >= 15 is 0 Å². The first-order valence-electron chi connectivity index (χ1n) is 10.3. The molecule has 0 heterocycles. The topological polar surface area (TPSA) is 91.8 Å². The molecule has 0 bridgehead atoms. The van der Waals surface area contributed by atoms with Crippen LogP contribution in [0.25, 0.3) is 0 Å². The number of halogens is 1. The highest BCUT2D eigenvalue weighted by Gasteiger charge is 2.24. The monoisotopic (exact) mass is 574 g/mol. The lowest BCUT2D eigenvalue weighted by Gasteiger charge is -2.22. The number of aryl methyl sites for hydroxylation is 1. The highest BCUT2D eigenvalue weighted by molar-refractivity contribution is 14.0. The molecule has 9 heteroatoms. The van der Waals surface area contributed by atoms with Crippen molar-refractivity contribution < 1.29 is 13.2 Å². The number of rotatable bonds is 8. The van der Waals surface area contributed by atoms with Crippen LogP contribution in [-0.2, 0) is 23.1 Å². The molecular formula is C23H35IN4O3S. The van der Waals surface area contributed by atoms with E-state index in [1.165, 1.54) is 0 Å². The molecule has 0 saturated heterocycles. The number of guanidine groups is 1. The van der Waals surface area contributed by atoms with Gasteiger partial charge in [-0.2, -0.15) is 0 Å². The van der Waals surface area contributed by atoms with Crippen molar-refractivity contribution in [2.75, 3.05) is 13.7 Å². The van der Waals surface area contributed by atoms with Gasteiger partial charge in [-0.15, -0.1) is 24.0 Å². The number of nitrogens with zero attached hydrogens (tertiary/aromatic N) is 1. The molecule has 0 aliphatic heterocycles. The zero-order chi connectivity index (χ0) is 23.1. The van der Waals surface area contributed by atoms with Crippen LogP contribution >= 0.6 is 24.0 Å². The molecule has 2 aromatic rings. The van der Waals surface area contributed by atoms with Crippen LogP contribution in [0.2, 0.25) is 0 Å². The van der Waals surface area contributed by atoms with Gasteiger partial charge in [-0.05, 0) is 57.9 Å². The first kappa shape index (κ1) is 28.2. The maximum Gasteiger partial charge on any atom is 0.241 e. The number of ether oxygens (including phenoxy) is 1. The molecule has 2 aromatic carbocycles. The van der Waals surface area contributed by atoms with Gasteiger partial charge in [0.2, 0.25) is 10.0 Å². The van der Waals surface area contributed by atoms with Crippen LogP contribution in [0.15, 0.2) is 52.4 Å². The second-order valence-corrected chi connectivity index (χ2v) is 9.98. The van der Waals surface area contributed by atoms with Gasteiger partial charge in [0.1, 0.15) is 5.75 Å². The first-order valence-corrected chi connectivity index (χ1v) is 11.8. The highest BCUT2D eigenvalue weighted by Crippen LogP contribution is 2.21. The molecule has 0 saturated carbocycles. The predicted octanol–water partition coefficient (Wildman–Crippen LogP) is 3.95. The fraction of sp³-hybridized carbons (Fsp3) is 0.435. The second kappa shape index (κ2) is 12.4. The van der Waals surface area contributed by atoms with E-state index in [9.17, 15) is 8.42 Å². The molecule has 0 spiro atoms. The standard InChI is InChI=1S/C23H34N4O3S.HI/c1-7-24-22(25-15-18-13-12-17(2)14-20(18)30-6)26-16-19-10-8-9-11-21(19)31(28,29)27-23(3,4)5;/h8-14,27H,7,15-16H2,1-6H3,(H2,24,25,26);1H. The minimum absolute atomic E-state index is 0. The van der Waals surface area contributed by atoms with Crippen LogP contribution in [0.3, 0.4) is 0 Å². The molecule has 32 heavy (non-hydrogen) atoms. The second-order valence-electron chi connectivity index (χ2n) is 8.33. The van der Waals surface area contributed by atoms with Crippen LogP contribution in [0.5, 0.6) is 5.75 Å². The largest absolute Gasteiger partial charge is 0.496 e. The van der Waals surface area contributed by atoms with Gasteiger partial charge in [-0.3, -0.25) is 0 Å². The SMILES string of the molecule is CCNC(=NCc1ccc(C)cc1OC)NCc1ccccc1S(=O)(=O)NC(C)(C)C.I. The molecule has 0 aromatic heterocycles. The van der Waals surface area contributed by atoms with E-state index in [1.54, 1.807) is 25.3 Å². The summed E-state index contributed by atoms with van der Waals surface area (Å²) >= 11 is 0. The number of nitrogens with one attached hydrogen (secondary N) is 3. The van der Waals surface area contributed by atoms with Crippen molar-refractivity contribution in [1.82, 2.24) is 15.4 Å². The van der Waals surface area contributed by atoms with Crippen LogP contribution in [-0.4, -0.2) is 33.6 Å². The minimum atomic E-state index is -3.64. The van der Waals surface area contributed by atoms with E-state index < -0.39 is 15.6 Å². The van der Waals surface area contributed by atoms with Gasteiger partial charge >= 0.3 is 0 Å². The lowest BCUT2D eigenvalue weighted by atomic mass is 10.1. The van der Waals surface area contributed by atoms with E-state index in [0.717, 1.165) is 16.9 Å². The van der Waals surface area contributed by atoms with Gasteiger partial charge in [0, 0.05) is 24.2 Å². The normalized spacial score (nSPS) is 12.1. The zero-order valence-corrected chi connectivity index (χ0v) is 22.8. The quantitative estimate of drug-likeness (QED) is 0.252. The third kappa shape index (κ3) is 8.59. The summed E-state index contributed by atoms with van der Waals surface area (Å²) < 4.78 is 33.9. The van der Waals surface area contributed by atoms with Gasteiger partial charge in [-0.1, -0.05) is 30.3 Å². The lowest BCUT2D eigenvalue weighted by molar-refractivity contribution is 0.409. The Hall–Kier alpha value is -1.85. The van der Waals surface area contributed by atoms with Gasteiger partial charge in [0.25, 0.3) is 0 Å².